The van der Waals surface area contributed by atoms with E-state index < -0.39 is 125 Å². The lowest BCUT2D eigenvalue weighted by Crippen LogP contribution is -1.97. The molecule has 0 saturated carbocycles. The minimum Gasteiger partial charge on any atom is -0.456 e. The Morgan fingerprint density at radius 3 is 1.87 bits per heavy atom. The Morgan fingerprint density at radius 1 is 0.400 bits per heavy atom. The number of rotatable bonds is 3. The summed E-state index contributed by atoms with van der Waals surface area (Å²) in [4.78, 5) is 0. The van der Waals surface area contributed by atoms with Crippen molar-refractivity contribution in [2.24, 2.45) is 0 Å². The Kier molecular flexibility index (Phi) is 2.76. The van der Waals surface area contributed by atoms with Gasteiger partial charge in [-0.1, -0.05) is 127 Å². The largest absolute Gasteiger partial charge is 0.456 e. The average Bonchev–Trinajstić information content (AvgIpc) is 3.25. The van der Waals surface area contributed by atoms with Gasteiger partial charge in [0.05, 0.1) is 23.3 Å². The molecule has 9 aromatic carbocycles. The van der Waals surface area contributed by atoms with Crippen molar-refractivity contribution in [3.8, 4) is 56.0 Å². The normalized spacial score (nSPS) is 17.5. The van der Waals surface area contributed by atoms with Gasteiger partial charge in [-0.15, -0.1) is 0 Å². The zero-order valence-corrected chi connectivity index (χ0v) is 23.1. The Bertz CT molecular complexity index is 3550. The van der Waals surface area contributed by atoms with Gasteiger partial charge in [-0.05, 0) is 107 Å². The molecule has 0 bridgehead atoms. The molecule has 0 aliphatic carbocycles. The fourth-order valence-corrected chi connectivity index (χ4v) is 6.28. The lowest BCUT2D eigenvalue weighted by Gasteiger charge is -2.22. The van der Waals surface area contributed by atoms with Crippen molar-refractivity contribution < 1.29 is 28.0 Å². The zero-order valence-electron chi connectivity index (χ0n) is 40.1. The lowest BCUT2D eigenvalue weighted by atomic mass is 9.86. The highest BCUT2D eigenvalue weighted by molar-refractivity contribution is 6.27. The first-order valence-electron chi connectivity index (χ1n) is 22.6. The topological polar surface area (TPSA) is 9.23 Å². The van der Waals surface area contributed by atoms with Gasteiger partial charge in [0.2, 0.25) is 0 Å². The highest BCUT2D eigenvalue weighted by Crippen LogP contribution is 2.48. The fraction of sp³-hybridized carbons (Fsp3) is 0. The van der Waals surface area contributed by atoms with Gasteiger partial charge in [0, 0.05) is 10.9 Å². The van der Waals surface area contributed by atoms with E-state index in [4.69, 9.17) is 17.1 Å². The summed E-state index contributed by atoms with van der Waals surface area (Å²) in [5.41, 5.74) is -0.212. The summed E-state index contributed by atoms with van der Waals surface area (Å²) in [6, 6.07) is 4.56. The van der Waals surface area contributed by atoms with Crippen molar-refractivity contribution in [1.82, 2.24) is 0 Å². The molecule has 1 nitrogen and oxygen atoms in total. The SMILES string of the molecule is [2H]c1c([2H])c([2H])c(-c2c([2H])c([2H])c3c([2H])c([2H])c4c(-c5c([2H])c([2H])c([2H])c(-c6cc7c8c(cccc8c6)Oc6ccccc6-7)c5[2H])c([2H])c([2H])c5c([2H])c([2H])c2c3c54)c([2H])c1[2H]. The van der Waals surface area contributed by atoms with Crippen LogP contribution in [0.2, 0.25) is 0 Å². The Labute approximate surface area is 284 Å². The Morgan fingerprint density at radius 2 is 1.07 bits per heavy atom. The number of fused-ring (bicyclic) bond motifs is 2. The van der Waals surface area contributed by atoms with E-state index in [1.54, 1.807) is 24.3 Å². The maximum absolute atomic E-state index is 9.74. The van der Waals surface area contributed by atoms with Crippen molar-refractivity contribution in [2.75, 3.05) is 0 Å². The molecule has 45 heavy (non-hydrogen) atoms. The Hall–Kier alpha value is -5.92. The van der Waals surface area contributed by atoms with Gasteiger partial charge in [-0.3, -0.25) is 0 Å². The van der Waals surface area contributed by atoms with Gasteiger partial charge in [-0.25, -0.2) is 0 Å². The van der Waals surface area contributed by atoms with E-state index in [0.717, 1.165) is 10.9 Å². The van der Waals surface area contributed by atoms with Crippen molar-refractivity contribution in [3.63, 3.8) is 0 Å². The third-order valence-electron chi connectivity index (χ3n) is 8.25. The number of hydrogen-bond donors (Lipinski definition) is 0. The van der Waals surface area contributed by atoms with Gasteiger partial charge >= 0.3 is 0 Å². The molecule has 0 unspecified atom stereocenters. The predicted molar refractivity (Wildman–Crippen MR) is 189 cm³/mol. The highest BCUT2D eigenvalue weighted by atomic mass is 16.5. The summed E-state index contributed by atoms with van der Waals surface area (Å²) in [5, 5.41) is -0.416. The fourth-order valence-electron chi connectivity index (χ4n) is 6.28. The van der Waals surface area contributed by atoms with Crippen LogP contribution < -0.4 is 4.74 Å². The minimum absolute atomic E-state index is 0.104. The second-order valence-electron chi connectivity index (χ2n) is 10.7. The van der Waals surface area contributed by atoms with E-state index >= 15 is 0 Å². The van der Waals surface area contributed by atoms with Crippen LogP contribution in [0.4, 0.5) is 0 Å². The van der Waals surface area contributed by atoms with Crippen LogP contribution in [0.3, 0.4) is 0 Å². The van der Waals surface area contributed by atoms with Crippen molar-refractivity contribution >= 4 is 43.1 Å². The molecule has 1 heterocycles. The summed E-state index contributed by atoms with van der Waals surface area (Å²) >= 11 is 0. The van der Waals surface area contributed by atoms with Gasteiger partial charge in [0.25, 0.3) is 0 Å². The minimum atomic E-state index is -0.765. The van der Waals surface area contributed by atoms with Gasteiger partial charge in [0.1, 0.15) is 11.5 Å². The molecular formula is C44H26O. The molecule has 0 amide bonds. The predicted octanol–water partition coefficient (Wildman–Crippen LogP) is 12.5. The first-order valence-corrected chi connectivity index (χ1v) is 14.1. The van der Waals surface area contributed by atoms with E-state index in [1.807, 2.05) is 30.3 Å². The zero-order chi connectivity index (χ0) is 44.3. The summed E-state index contributed by atoms with van der Waals surface area (Å²) in [7, 11) is 0. The molecule has 0 radical (unpaired) electrons. The highest BCUT2D eigenvalue weighted by Gasteiger charge is 2.21. The van der Waals surface area contributed by atoms with E-state index in [0.29, 0.717) is 28.0 Å². The standard InChI is InChI=1S/C44H26O/c1-2-8-27(9-3-1)34-20-16-28-19-23-38-35(21-17-29-18-22-37(34)43(28)44(29)38)31-11-6-10-30(24-31)33-25-32-12-7-15-41-42(32)39(26-33)36-13-4-5-14-40(36)45-41/h1-26H/i1D,2D,3D,6D,8D,9D,10D,11D,16D,17D,18D,19D,20D,21D,22D,23D,24D. The molecule has 1 aliphatic rings. The van der Waals surface area contributed by atoms with Crippen LogP contribution >= 0.6 is 0 Å². The molecule has 10 rings (SSSR count). The summed E-state index contributed by atoms with van der Waals surface area (Å²) in [6.07, 6.45) is 0. The first kappa shape index (κ1) is 13.4. The number of hydrogen-bond acceptors (Lipinski definition) is 1. The van der Waals surface area contributed by atoms with Crippen LogP contribution in [-0.4, -0.2) is 0 Å². The molecule has 0 N–H and O–H groups in total. The van der Waals surface area contributed by atoms with Crippen LogP contribution in [0.25, 0.3) is 87.6 Å². The summed E-state index contributed by atoms with van der Waals surface area (Å²) in [6.45, 7) is 0. The van der Waals surface area contributed by atoms with E-state index in [9.17, 15) is 11.0 Å². The van der Waals surface area contributed by atoms with Crippen molar-refractivity contribution in [2.45, 2.75) is 0 Å². The molecule has 208 valence electrons. The maximum Gasteiger partial charge on any atom is 0.135 e. The van der Waals surface area contributed by atoms with Crippen LogP contribution in [0.5, 0.6) is 11.5 Å². The molecule has 0 atom stereocenters. The smallest absolute Gasteiger partial charge is 0.135 e. The average molecular weight is 588 g/mol. The van der Waals surface area contributed by atoms with Crippen molar-refractivity contribution in [3.05, 3.63) is 157 Å². The maximum atomic E-state index is 9.74. The molecular weight excluding hydrogens is 544 g/mol. The van der Waals surface area contributed by atoms with E-state index in [2.05, 4.69) is 0 Å². The molecule has 0 fully saturated rings. The summed E-state index contributed by atoms with van der Waals surface area (Å²) in [5.74, 6) is 1.16. The first-order chi connectivity index (χ1) is 29.4. The molecule has 9 aromatic rings. The molecule has 0 aromatic heterocycles. The molecule has 1 heteroatoms. The second kappa shape index (κ2) is 9.29. The number of para-hydroxylation sites is 1. The quantitative estimate of drug-likeness (QED) is 0.187. The van der Waals surface area contributed by atoms with Gasteiger partial charge in [0.15, 0.2) is 0 Å². The number of benzene rings is 9. The van der Waals surface area contributed by atoms with E-state index in [1.165, 1.54) is 0 Å². The van der Waals surface area contributed by atoms with Crippen LogP contribution in [0.15, 0.2) is 157 Å². The van der Waals surface area contributed by atoms with E-state index in [-0.39, 0.29) is 37.9 Å². The third kappa shape index (κ3) is 3.62. The molecule has 0 saturated heterocycles. The molecule has 1 aliphatic heterocycles. The van der Waals surface area contributed by atoms with Gasteiger partial charge < -0.3 is 4.74 Å². The Balaban J connectivity index is 1.38. The summed E-state index contributed by atoms with van der Waals surface area (Å²) < 4.78 is 160. The number of ether oxygens (including phenoxy) is 1. The monoisotopic (exact) mass is 587 g/mol. The van der Waals surface area contributed by atoms with Crippen LogP contribution in [0.1, 0.15) is 23.3 Å². The van der Waals surface area contributed by atoms with Crippen LogP contribution in [-0.2, 0) is 0 Å². The second-order valence-corrected chi connectivity index (χ2v) is 10.7. The van der Waals surface area contributed by atoms with Crippen molar-refractivity contribution in [1.29, 1.82) is 0 Å². The van der Waals surface area contributed by atoms with Crippen LogP contribution in [0, 0.1) is 0 Å². The lowest BCUT2D eigenvalue weighted by molar-refractivity contribution is 0.487. The van der Waals surface area contributed by atoms with Gasteiger partial charge in [-0.2, -0.15) is 0 Å². The molecule has 0 spiro atoms. The third-order valence-corrected chi connectivity index (χ3v) is 8.25.